The molecule has 0 heterocycles. The molecule has 0 unspecified atom stereocenters. The minimum absolute atomic E-state index is 0.174. The molecule has 90 valence electrons. The van der Waals surface area contributed by atoms with E-state index in [1.807, 2.05) is 5.48 Å². The van der Waals surface area contributed by atoms with Crippen LogP contribution in [0.3, 0.4) is 0 Å². The Kier molecular flexibility index (Phi) is 4.57. The molecule has 1 aromatic carbocycles. The maximum Gasteiger partial charge on any atom is 0.416 e. The van der Waals surface area contributed by atoms with E-state index in [1.165, 1.54) is 12.1 Å². The summed E-state index contributed by atoms with van der Waals surface area (Å²) >= 11 is 0. The lowest BCUT2D eigenvalue weighted by atomic mass is 10.2. The molecule has 0 spiro atoms. The Morgan fingerprint density at radius 1 is 1.31 bits per heavy atom. The number of halogens is 3. The highest BCUT2D eigenvalue weighted by molar-refractivity contribution is 5.30. The van der Waals surface area contributed by atoms with Gasteiger partial charge in [0.15, 0.2) is 0 Å². The zero-order chi connectivity index (χ0) is 12.0. The van der Waals surface area contributed by atoms with Crippen LogP contribution in [0.25, 0.3) is 0 Å². The van der Waals surface area contributed by atoms with Crippen LogP contribution in [0.1, 0.15) is 12.0 Å². The lowest BCUT2D eigenvalue weighted by molar-refractivity contribution is -0.137. The molecule has 0 aromatic heterocycles. The van der Waals surface area contributed by atoms with Crippen molar-refractivity contribution in [2.75, 3.05) is 13.2 Å². The molecule has 0 saturated carbocycles. The van der Waals surface area contributed by atoms with E-state index in [9.17, 15) is 13.2 Å². The molecule has 0 atom stereocenters. The second-order valence-electron chi connectivity index (χ2n) is 3.14. The van der Waals surface area contributed by atoms with Crippen LogP contribution in [0, 0.1) is 0 Å². The van der Waals surface area contributed by atoms with Crippen LogP contribution in [-0.4, -0.2) is 18.4 Å². The summed E-state index contributed by atoms with van der Waals surface area (Å²) in [5.41, 5.74) is 1.20. The van der Waals surface area contributed by atoms with Gasteiger partial charge in [-0.2, -0.15) is 13.2 Å². The molecular weight excluding hydrogens is 223 g/mol. The summed E-state index contributed by atoms with van der Waals surface area (Å²) in [6.45, 7) is 0.577. The van der Waals surface area contributed by atoms with Crippen LogP contribution in [0.5, 0.6) is 5.75 Å². The third-order valence-corrected chi connectivity index (χ3v) is 1.86. The largest absolute Gasteiger partial charge is 0.494 e. The maximum atomic E-state index is 12.3. The summed E-state index contributed by atoms with van der Waals surface area (Å²) in [5.74, 6) is 0.174. The van der Waals surface area contributed by atoms with Crippen LogP contribution in [0.2, 0.25) is 0 Å². The molecule has 0 bridgehead atoms. The van der Waals surface area contributed by atoms with Gasteiger partial charge in [0.1, 0.15) is 5.75 Å². The van der Waals surface area contributed by atoms with Crippen molar-refractivity contribution >= 4 is 0 Å². The molecule has 2 N–H and O–H groups in total. The van der Waals surface area contributed by atoms with E-state index in [2.05, 4.69) is 0 Å². The lowest BCUT2D eigenvalue weighted by Gasteiger charge is -2.09. The normalized spacial score (nSPS) is 11.5. The van der Waals surface area contributed by atoms with Gasteiger partial charge in [0.2, 0.25) is 0 Å². The molecule has 0 radical (unpaired) electrons. The van der Waals surface area contributed by atoms with Gasteiger partial charge in [-0.25, -0.2) is 5.48 Å². The standard InChI is InChI=1S/C10H12F3NO2/c11-10(12,13)8-3-1-4-9(7-8)16-6-2-5-14-15/h1,3-4,7,14-15H,2,5-6H2. The van der Waals surface area contributed by atoms with Gasteiger partial charge in [-0.05, 0) is 24.6 Å². The van der Waals surface area contributed by atoms with Gasteiger partial charge in [-0.15, -0.1) is 0 Å². The first-order chi connectivity index (χ1) is 7.54. The summed E-state index contributed by atoms with van der Waals surface area (Å²) in [6.07, 6.45) is -3.85. The van der Waals surface area contributed by atoms with Gasteiger partial charge in [0, 0.05) is 6.54 Å². The number of benzene rings is 1. The zero-order valence-electron chi connectivity index (χ0n) is 8.42. The first-order valence-electron chi connectivity index (χ1n) is 4.71. The van der Waals surface area contributed by atoms with Gasteiger partial charge in [-0.3, -0.25) is 0 Å². The molecular formula is C10H12F3NO2. The van der Waals surface area contributed by atoms with Crippen molar-refractivity contribution in [1.29, 1.82) is 0 Å². The van der Waals surface area contributed by atoms with E-state index >= 15 is 0 Å². The first-order valence-corrected chi connectivity index (χ1v) is 4.71. The molecule has 0 aliphatic rings. The Hall–Kier alpha value is -1.27. The van der Waals surface area contributed by atoms with Crippen LogP contribution in [0.15, 0.2) is 24.3 Å². The van der Waals surface area contributed by atoms with Crippen molar-refractivity contribution in [3.8, 4) is 5.75 Å². The first kappa shape index (κ1) is 12.8. The molecule has 0 aliphatic heterocycles. The van der Waals surface area contributed by atoms with Crippen molar-refractivity contribution in [3.63, 3.8) is 0 Å². The molecule has 0 fully saturated rings. The highest BCUT2D eigenvalue weighted by Gasteiger charge is 2.30. The fourth-order valence-electron chi connectivity index (χ4n) is 1.10. The predicted octanol–water partition coefficient (Wildman–Crippen LogP) is 2.45. The Morgan fingerprint density at radius 2 is 2.06 bits per heavy atom. The van der Waals surface area contributed by atoms with Crippen molar-refractivity contribution in [2.24, 2.45) is 0 Å². The van der Waals surface area contributed by atoms with E-state index in [0.29, 0.717) is 13.0 Å². The lowest BCUT2D eigenvalue weighted by Crippen LogP contribution is -2.12. The molecule has 1 aromatic rings. The van der Waals surface area contributed by atoms with E-state index in [-0.39, 0.29) is 12.4 Å². The molecule has 0 aliphatic carbocycles. The molecule has 3 nitrogen and oxygen atoms in total. The smallest absolute Gasteiger partial charge is 0.416 e. The second-order valence-corrected chi connectivity index (χ2v) is 3.14. The minimum atomic E-state index is -4.36. The van der Waals surface area contributed by atoms with Crippen molar-refractivity contribution < 1.29 is 23.1 Å². The summed E-state index contributed by atoms with van der Waals surface area (Å²) in [6, 6.07) is 4.69. The number of hydroxylamine groups is 1. The van der Waals surface area contributed by atoms with E-state index in [1.54, 1.807) is 0 Å². The number of rotatable bonds is 5. The van der Waals surface area contributed by atoms with E-state index in [4.69, 9.17) is 9.94 Å². The Morgan fingerprint density at radius 3 is 2.69 bits per heavy atom. The quantitative estimate of drug-likeness (QED) is 0.608. The van der Waals surface area contributed by atoms with Gasteiger partial charge in [-0.1, -0.05) is 6.07 Å². The average Bonchev–Trinajstić information content (AvgIpc) is 2.24. The molecule has 16 heavy (non-hydrogen) atoms. The van der Waals surface area contributed by atoms with Crippen molar-refractivity contribution in [2.45, 2.75) is 12.6 Å². The number of hydrogen-bond acceptors (Lipinski definition) is 3. The topological polar surface area (TPSA) is 41.5 Å². The third-order valence-electron chi connectivity index (χ3n) is 1.86. The average molecular weight is 235 g/mol. The highest BCUT2D eigenvalue weighted by Crippen LogP contribution is 2.31. The summed E-state index contributed by atoms with van der Waals surface area (Å²) in [4.78, 5) is 0. The Balaban J connectivity index is 2.54. The number of ether oxygens (including phenoxy) is 1. The Labute approximate surface area is 90.8 Å². The van der Waals surface area contributed by atoms with Crippen LogP contribution in [0.4, 0.5) is 13.2 Å². The monoisotopic (exact) mass is 235 g/mol. The van der Waals surface area contributed by atoms with Crippen molar-refractivity contribution in [1.82, 2.24) is 5.48 Å². The van der Waals surface area contributed by atoms with Gasteiger partial charge < -0.3 is 9.94 Å². The van der Waals surface area contributed by atoms with E-state index in [0.717, 1.165) is 12.1 Å². The number of nitrogens with one attached hydrogen (secondary N) is 1. The molecule has 0 amide bonds. The summed E-state index contributed by atoms with van der Waals surface area (Å²) in [5, 5.41) is 8.26. The zero-order valence-corrected chi connectivity index (χ0v) is 8.42. The highest BCUT2D eigenvalue weighted by atomic mass is 19.4. The second kappa shape index (κ2) is 5.72. The van der Waals surface area contributed by atoms with Crippen molar-refractivity contribution in [3.05, 3.63) is 29.8 Å². The minimum Gasteiger partial charge on any atom is -0.494 e. The van der Waals surface area contributed by atoms with Gasteiger partial charge >= 0.3 is 6.18 Å². The third kappa shape index (κ3) is 4.08. The van der Waals surface area contributed by atoms with Gasteiger partial charge in [0.05, 0.1) is 12.2 Å². The number of hydrogen-bond donors (Lipinski definition) is 2. The SMILES string of the molecule is ONCCCOc1cccc(C(F)(F)F)c1. The summed E-state index contributed by atoms with van der Waals surface area (Å²) in [7, 11) is 0. The maximum absolute atomic E-state index is 12.3. The number of alkyl halides is 3. The summed E-state index contributed by atoms with van der Waals surface area (Å²) < 4.78 is 42.0. The van der Waals surface area contributed by atoms with E-state index < -0.39 is 11.7 Å². The molecule has 0 saturated heterocycles. The fourth-order valence-corrected chi connectivity index (χ4v) is 1.10. The Bertz CT molecular complexity index is 328. The van der Waals surface area contributed by atoms with Crippen LogP contribution >= 0.6 is 0 Å². The predicted molar refractivity (Wildman–Crippen MR) is 51.3 cm³/mol. The van der Waals surface area contributed by atoms with Crippen LogP contribution in [-0.2, 0) is 6.18 Å². The van der Waals surface area contributed by atoms with Crippen LogP contribution < -0.4 is 10.2 Å². The fraction of sp³-hybridized carbons (Fsp3) is 0.400. The molecule has 6 heteroatoms. The van der Waals surface area contributed by atoms with Gasteiger partial charge in [0.25, 0.3) is 0 Å². The molecule has 1 rings (SSSR count).